The zero-order valence-corrected chi connectivity index (χ0v) is 16.6. The molecule has 0 atom stereocenters. The number of fused-ring (bicyclic) bond motifs is 1. The van der Waals surface area contributed by atoms with Crippen molar-refractivity contribution in [3.63, 3.8) is 0 Å². The molecule has 1 fully saturated rings. The normalized spacial score (nSPS) is 14.9. The third kappa shape index (κ3) is 4.34. The zero-order valence-electron chi connectivity index (χ0n) is 16.6. The van der Waals surface area contributed by atoms with E-state index < -0.39 is 0 Å². The maximum absolute atomic E-state index is 12.8. The van der Waals surface area contributed by atoms with Gasteiger partial charge in [-0.25, -0.2) is 0 Å². The van der Waals surface area contributed by atoms with Crippen molar-refractivity contribution in [1.82, 2.24) is 4.90 Å². The summed E-state index contributed by atoms with van der Waals surface area (Å²) in [6, 6.07) is 16.6. The van der Waals surface area contributed by atoms with Gasteiger partial charge < -0.3 is 14.1 Å². The second-order valence-corrected chi connectivity index (χ2v) is 7.59. The molecule has 0 bridgehead atoms. The molecule has 0 spiro atoms. The second-order valence-electron chi connectivity index (χ2n) is 7.59. The van der Waals surface area contributed by atoms with Crippen molar-refractivity contribution in [1.29, 1.82) is 0 Å². The minimum absolute atomic E-state index is 0.130. The summed E-state index contributed by atoms with van der Waals surface area (Å²) in [6.45, 7) is 1.39. The lowest BCUT2D eigenvalue weighted by Gasteiger charge is -2.31. The molecule has 1 amide bonds. The van der Waals surface area contributed by atoms with Crippen LogP contribution in [0.3, 0.4) is 0 Å². The number of amides is 1. The molecule has 1 aromatic heterocycles. The number of ether oxygens (including phenoxy) is 1. The molecule has 5 heteroatoms. The van der Waals surface area contributed by atoms with Crippen LogP contribution in [0.4, 0.5) is 0 Å². The number of nitrogens with zero attached hydrogens (tertiary/aromatic N) is 1. The highest BCUT2D eigenvalue weighted by Crippen LogP contribution is 2.24. The predicted molar refractivity (Wildman–Crippen MR) is 112 cm³/mol. The highest BCUT2D eigenvalue weighted by Gasteiger charge is 2.25. The molecule has 0 aliphatic carbocycles. The van der Waals surface area contributed by atoms with Gasteiger partial charge in [0, 0.05) is 19.2 Å². The quantitative estimate of drug-likeness (QED) is 0.651. The Balaban J connectivity index is 1.34. The van der Waals surface area contributed by atoms with Crippen LogP contribution in [0.2, 0.25) is 0 Å². The number of piperidine rings is 1. The molecule has 5 nitrogen and oxygen atoms in total. The molecule has 2 aromatic carbocycles. The van der Waals surface area contributed by atoms with Crippen LogP contribution in [-0.4, -0.2) is 31.0 Å². The lowest BCUT2D eigenvalue weighted by Crippen LogP contribution is -2.38. The average molecular weight is 391 g/mol. The molecule has 150 valence electrons. The van der Waals surface area contributed by atoms with Gasteiger partial charge in [-0.2, -0.15) is 0 Å². The molecular weight excluding hydrogens is 366 g/mol. The van der Waals surface area contributed by atoms with E-state index in [9.17, 15) is 9.59 Å². The Labute approximate surface area is 169 Å². The summed E-state index contributed by atoms with van der Waals surface area (Å²) in [5, 5.41) is 0.501. The number of hydrogen-bond acceptors (Lipinski definition) is 4. The molecule has 4 rings (SSSR count). The van der Waals surface area contributed by atoms with Crippen molar-refractivity contribution in [3.05, 3.63) is 76.1 Å². The van der Waals surface area contributed by atoms with E-state index >= 15 is 0 Å². The van der Waals surface area contributed by atoms with E-state index in [0.29, 0.717) is 30.0 Å². The number of para-hydroxylation sites is 1. The fourth-order valence-corrected chi connectivity index (χ4v) is 3.95. The fraction of sp³-hybridized carbons (Fsp3) is 0.333. The van der Waals surface area contributed by atoms with Gasteiger partial charge >= 0.3 is 0 Å². The zero-order chi connectivity index (χ0) is 20.2. The number of aryl methyl sites for hydroxylation is 1. The maximum atomic E-state index is 12.8. The summed E-state index contributed by atoms with van der Waals surface area (Å²) in [5.41, 5.74) is 1.59. The van der Waals surface area contributed by atoms with Crippen LogP contribution in [0.25, 0.3) is 11.0 Å². The summed E-state index contributed by atoms with van der Waals surface area (Å²) in [7, 11) is 1.67. The minimum Gasteiger partial charge on any atom is -0.497 e. The number of methoxy groups -OCH3 is 1. The Morgan fingerprint density at radius 1 is 1.10 bits per heavy atom. The molecule has 1 aliphatic heterocycles. The number of rotatable bonds is 5. The van der Waals surface area contributed by atoms with E-state index in [-0.39, 0.29) is 17.1 Å². The number of benzene rings is 2. The van der Waals surface area contributed by atoms with Crippen molar-refractivity contribution >= 4 is 16.9 Å². The third-order valence-corrected chi connectivity index (χ3v) is 5.75. The molecular formula is C24H25NO4. The lowest BCUT2D eigenvalue weighted by atomic mass is 9.90. The third-order valence-electron chi connectivity index (χ3n) is 5.75. The molecule has 29 heavy (non-hydrogen) atoms. The van der Waals surface area contributed by atoms with Crippen LogP contribution >= 0.6 is 0 Å². The largest absolute Gasteiger partial charge is 0.497 e. The molecule has 0 N–H and O–H groups in total. The van der Waals surface area contributed by atoms with E-state index in [1.165, 1.54) is 11.6 Å². The minimum atomic E-state index is -0.193. The Morgan fingerprint density at radius 2 is 1.83 bits per heavy atom. The van der Waals surface area contributed by atoms with Gasteiger partial charge in [-0.15, -0.1) is 0 Å². The molecule has 1 saturated heterocycles. The molecule has 1 aliphatic rings. The van der Waals surface area contributed by atoms with Gasteiger partial charge in [0.25, 0.3) is 5.91 Å². The summed E-state index contributed by atoms with van der Waals surface area (Å²) in [6.07, 6.45) is 4.08. The lowest BCUT2D eigenvalue weighted by molar-refractivity contribution is 0.0655. The number of carbonyl (C=O) groups excluding carboxylic acids is 1. The number of carbonyl (C=O) groups is 1. The highest BCUT2D eigenvalue weighted by molar-refractivity contribution is 5.93. The topological polar surface area (TPSA) is 59.8 Å². The standard InChI is InChI=1S/C24H25NO4/c1-28-19-10-8-17(9-11-19)6-7-18-12-14-25(15-13-18)24(27)23-16-21(26)20-4-2-3-5-22(20)29-23/h2-5,8-11,16,18H,6-7,12-15H2,1H3. The van der Waals surface area contributed by atoms with Gasteiger partial charge in [0.15, 0.2) is 11.2 Å². The summed E-state index contributed by atoms with van der Waals surface area (Å²) < 4.78 is 10.9. The van der Waals surface area contributed by atoms with Gasteiger partial charge in [0.2, 0.25) is 0 Å². The van der Waals surface area contributed by atoms with Gasteiger partial charge in [-0.3, -0.25) is 9.59 Å². The van der Waals surface area contributed by atoms with E-state index in [4.69, 9.17) is 9.15 Å². The van der Waals surface area contributed by atoms with E-state index in [2.05, 4.69) is 12.1 Å². The van der Waals surface area contributed by atoms with Crippen molar-refractivity contribution < 1.29 is 13.9 Å². The Kier molecular flexibility index (Phi) is 5.65. The van der Waals surface area contributed by atoms with Gasteiger partial charge in [0.1, 0.15) is 11.3 Å². The first-order valence-electron chi connectivity index (χ1n) is 10.1. The maximum Gasteiger partial charge on any atom is 0.289 e. The first-order chi connectivity index (χ1) is 14.1. The second kappa shape index (κ2) is 8.52. The Morgan fingerprint density at radius 3 is 2.55 bits per heavy atom. The van der Waals surface area contributed by atoms with Crippen LogP contribution in [-0.2, 0) is 6.42 Å². The first kappa shape index (κ1) is 19.2. The molecule has 0 radical (unpaired) electrons. The SMILES string of the molecule is COc1ccc(CCC2CCN(C(=O)c3cc(=O)c4ccccc4o3)CC2)cc1. The average Bonchev–Trinajstić information content (AvgIpc) is 2.78. The van der Waals surface area contributed by atoms with Crippen LogP contribution < -0.4 is 10.2 Å². The summed E-state index contributed by atoms with van der Waals surface area (Å²) >= 11 is 0. The summed E-state index contributed by atoms with van der Waals surface area (Å²) in [5.74, 6) is 1.41. The monoisotopic (exact) mass is 391 g/mol. The first-order valence-corrected chi connectivity index (χ1v) is 10.1. The van der Waals surface area contributed by atoms with Gasteiger partial charge in [-0.05, 0) is 61.4 Å². The van der Waals surface area contributed by atoms with Crippen molar-refractivity contribution in [3.8, 4) is 5.75 Å². The van der Waals surface area contributed by atoms with Crippen LogP contribution in [0.5, 0.6) is 5.75 Å². The predicted octanol–water partition coefficient (Wildman–Crippen LogP) is 4.29. The molecule has 0 saturated carbocycles. The van der Waals surface area contributed by atoms with E-state index in [1.54, 1.807) is 36.3 Å². The van der Waals surface area contributed by atoms with E-state index in [0.717, 1.165) is 31.4 Å². The summed E-state index contributed by atoms with van der Waals surface area (Å²) in [4.78, 5) is 26.9. The molecule has 0 unspecified atom stereocenters. The Bertz CT molecular complexity index is 1050. The van der Waals surface area contributed by atoms with Crippen molar-refractivity contribution in [2.45, 2.75) is 25.7 Å². The van der Waals surface area contributed by atoms with Crippen LogP contribution in [0.1, 0.15) is 35.4 Å². The van der Waals surface area contributed by atoms with Crippen molar-refractivity contribution in [2.75, 3.05) is 20.2 Å². The smallest absolute Gasteiger partial charge is 0.289 e. The van der Waals surface area contributed by atoms with Crippen LogP contribution in [0, 0.1) is 5.92 Å². The molecule has 3 aromatic rings. The van der Waals surface area contributed by atoms with Crippen molar-refractivity contribution in [2.24, 2.45) is 5.92 Å². The molecule has 2 heterocycles. The number of likely N-dealkylation sites (tertiary alicyclic amines) is 1. The van der Waals surface area contributed by atoms with Gasteiger partial charge in [-0.1, -0.05) is 24.3 Å². The van der Waals surface area contributed by atoms with E-state index in [1.807, 2.05) is 12.1 Å². The fourth-order valence-electron chi connectivity index (χ4n) is 3.95. The van der Waals surface area contributed by atoms with Gasteiger partial charge in [0.05, 0.1) is 12.5 Å². The number of hydrogen-bond donors (Lipinski definition) is 0. The van der Waals surface area contributed by atoms with Crippen LogP contribution in [0.15, 0.2) is 63.8 Å². The Hall–Kier alpha value is -3.08. The highest BCUT2D eigenvalue weighted by atomic mass is 16.5.